The van der Waals surface area contributed by atoms with Crippen molar-refractivity contribution in [1.82, 2.24) is 14.3 Å². The van der Waals surface area contributed by atoms with Gasteiger partial charge in [-0.2, -0.15) is 0 Å². The number of pyridine rings is 1. The van der Waals surface area contributed by atoms with Crippen molar-refractivity contribution in [3.8, 4) is 0 Å². The first-order valence-corrected chi connectivity index (χ1v) is 11.2. The molecular weight excluding hydrogens is 414 g/mol. The number of benzene rings is 1. The van der Waals surface area contributed by atoms with Crippen LogP contribution in [0.2, 0.25) is 0 Å². The van der Waals surface area contributed by atoms with E-state index in [0.717, 1.165) is 31.5 Å². The molecule has 0 unspecified atom stereocenters. The van der Waals surface area contributed by atoms with Gasteiger partial charge >= 0.3 is 5.97 Å². The van der Waals surface area contributed by atoms with Crippen LogP contribution in [0.1, 0.15) is 34.5 Å². The van der Waals surface area contributed by atoms with Crippen molar-refractivity contribution in [2.45, 2.75) is 31.3 Å². The van der Waals surface area contributed by atoms with E-state index in [1.54, 1.807) is 24.4 Å². The van der Waals surface area contributed by atoms with Crippen LogP contribution in [0.3, 0.4) is 0 Å². The molecule has 1 fully saturated rings. The fourth-order valence-corrected chi connectivity index (χ4v) is 4.50. The summed E-state index contributed by atoms with van der Waals surface area (Å²) in [5.74, 6) is -0.141. The van der Waals surface area contributed by atoms with Crippen LogP contribution in [-0.4, -0.2) is 45.0 Å². The molecule has 0 atom stereocenters. The molecule has 1 saturated heterocycles. The zero-order valence-corrected chi connectivity index (χ0v) is 18.1. The molecule has 1 aliphatic heterocycles. The number of carbonyl (C=O) groups is 2. The molecule has 4 rings (SSSR count). The Morgan fingerprint density at radius 3 is 2.71 bits per heavy atom. The molecule has 3 heterocycles. The number of nitrogens with zero attached hydrogens (tertiary/aromatic N) is 3. The second-order valence-electron chi connectivity index (χ2n) is 7.42. The van der Waals surface area contributed by atoms with E-state index >= 15 is 0 Å². The van der Waals surface area contributed by atoms with E-state index < -0.39 is 5.97 Å². The molecule has 1 aliphatic rings. The van der Waals surface area contributed by atoms with E-state index in [-0.39, 0.29) is 23.8 Å². The van der Waals surface area contributed by atoms with Crippen molar-refractivity contribution in [3.63, 3.8) is 0 Å². The Morgan fingerprint density at radius 2 is 1.90 bits per heavy atom. The van der Waals surface area contributed by atoms with Gasteiger partial charge in [0.2, 0.25) is 5.91 Å². The van der Waals surface area contributed by atoms with Crippen molar-refractivity contribution in [3.05, 3.63) is 75.8 Å². The molecule has 0 aliphatic carbocycles. The second kappa shape index (κ2) is 9.34. The molecule has 0 N–H and O–H groups in total. The SMILES string of the molecule is Cc1cccn2c(=O)cc(COC(=O)c3ccccc3SCC(=O)N3CCCC3)nc12. The second-order valence-corrected chi connectivity index (χ2v) is 8.44. The number of hydrogen-bond donors (Lipinski definition) is 0. The zero-order chi connectivity index (χ0) is 21.8. The van der Waals surface area contributed by atoms with E-state index in [9.17, 15) is 14.4 Å². The fourth-order valence-electron chi connectivity index (χ4n) is 3.56. The summed E-state index contributed by atoms with van der Waals surface area (Å²) >= 11 is 1.34. The first kappa shape index (κ1) is 21.1. The smallest absolute Gasteiger partial charge is 0.339 e. The van der Waals surface area contributed by atoms with Crippen LogP contribution in [0.5, 0.6) is 0 Å². The van der Waals surface area contributed by atoms with Crippen molar-refractivity contribution < 1.29 is 14.3 Å². The maximum absolute atomic E-state index is 12.7. The maximum Gasteiger partial charge on any atom is 0.339 e. The number of amides is 1. The van der Waals surface area contributed by atoms with E-state index in [1.165, 1.54) is 22.2 Å². The number of carbonyl (C=O) groups excluding carboxylic acids is 2. The van der Waals surface area contributed by atoms with Gasteiger partial charge in [0.25, 0.3) is 5.56 Å². The highest BCUT2D eigenvalue weighted by Gasteiger charge is 2.20. The Morgan fingerprint density at radius 1 is 1.13 bits per heavy atom. The molecule has 1 amide bonds. The molecule has 160 valence electrons. The van der Waals surface area contributed by atoms with Gasteiger partial charge in [-0.05, 0) is 43.5 Å². The summed E-state index contributed by atoms with van der Waals surface area (Å²) in [6.07, 6.45) is 3.75. The number of rotatable bonds is 6. The van der Waals surface area contributed by atoms with Gasteiger partial charge in [0.15, 0.2) is 0 Å². The van der Waals surface area contributed by atoms with Gasteiger partial charge in [-0.15, -0.1) is 11.8 Å². The van der Waals surface area contributed by atoms with Gasteiger partial charge in [0, 0.05) is 30.2 Å². The lowest BCUT2D eigenvalue weighted by molar-refractivity contribution is -0.127. The van der Waals surface area contributed by atoms with E-state index in [2.05, 4.69) is 4.98 Å². The van der Waals surface area contributed by atoms with Crippen LogP contribution in [0.15, 0.2) is 58.4 Å². The quantitative estimate of drug-likeness (QED) is 0.436. The number of ether oxygens (including phenoxy) is 1. The number of thioether (sulfide) groups is 1. The number of aryl methyl sites for hydroxylation is 1. The highest BCUT2D eigenvalue weighted by Crippen LogP contribution is 2.24. The van der Waals surface area contributed by atoms with Crippen molar-refractivity contribution in [2.75, 3.05) is 18.8 Å². The number of hydrogen-bond acceptors (Lipinski definition) is 6. The molecular formula is C23H23N3O4S. The highest BCUT2D eigenvalue weighted by molar-refractivity contribution is 8.00. The van der Waals surface area contributed by atoms with Crippen molar-refractivity contribution >= 4 is 29.3 Å². The van der Waals surface area contributed by atoms with Crippen LogP contribution >= 0.6 is 11.8 Å². The average Bonchev–Trinajstić information content (AvgIpc) is 3.32. The van der Waals surface area contributed by atoms with E-state index in [4.69, 9.17) is 4.74 Å². The van der Waals surface area contributed by atoms with Crippen molar-refractivity contribution in [1.29, 1.82) is 0 Å². The van der Waals surface area contributed by atoms with Gasteiger partial charge in [-0.25, -0.2) is 9.78 Å². The third-order valence-corrected chi connectivity index (χ3v) is 6.27. The number of likely N-dealkylation sites (tertiary alicyclic amines) is 1. The molecule has 0 bridgehead atoms. The summed E-state index contributed by atoms with van der Waals surface area (Å²) in [5.41, 5.74) is 1.96. The standard InChI is InChI=1S/C23H23N3O4S/c1-16-7-6-12-26-20(27)13-17(24-22(16)26)14-30-23(29)18-8-2-3-9-19(18)31-15-21(28)25-10-4-5-11-25/h2-3,6-9,12-13H,4-5,10-11,14-15H2,1H3. The predicted molar refractivity (Wildman–Crippen MR) is 118 cm³/mol. The lowest BCUT2D eigenvalue weighted by Crippen LogP contribution is -2.29. The highest BCUT2D eigenvalue weighted by atomic mass is 32.2. The van der Waals surface area contributed by atoms with Crippen LogP contribution in [-0.2, 0) is 16.1 Å². The lowest BCUT2D eigenvalue weighted by Gasteiger charge is -2.15. The molecule has 8 heteroatoms. The molecule has 2 aromatic heterocycles. The largest absolute Gasteiger partial charge is 0.456 e. The third kappa shape index (κ3) is 4.80. The normalized spacial score (nSPS) is 13.5. The number of fused-ring (bicyclic) bond motifs is 1. The fraction of sp³-hybridized carbons (Fsp3) is 0.304. The lowest BCUT2D eigenvalue weighted by atomic mass is 10.2. The number of aromatic nitrogens is 2. The van der Waals surface area contributed by atoms with Crippen molar-refractivity contribution in [2.24, 2.45) is 0 Å². The summed E-state index contributed by atoms with van der Waals surface area (Å²) in [5, 5.41) is 0. The zero-order valence-electron chi connectivity index (χ0n) is 17.2. The summed E-state index contributed by atoms with van der Waals surface area (Å²) in [6, 6.07) is 12.1. The average molecular weight is 438 g/mol. The topological polar surface area (TPSA) is 81.0 Å². The van der Waals surface area contributed by atoms with Gasteiger partial charge in [0.1, 0.15) is 12.3 Å². The molecule has 31 heavy (non-hydrogen) atoms. The maximum atomic E-state index is 12.7. The number of esters is 1. The molecule has 7 nitrogen and oxygen atoms in total. The molecule has 0 saturated carbocycles. The van der Waals surface area contributed by atoms with Crippen LogP contribution in [0.25, 0.3) is 5.65 Å². The Labute approximate surface area is 184 Å². The summed E-state index contributed by atoms with van der Waals surface area (Å²) in [4.78, 5) is 44.4. The van der Waals surface area contributed by atoms with Gasteiger partial charge in [-0.3, -0.25) is 14.0 Å². The molecule has 0 spiro atoms. The van der Waals surface area contributed by atoms with Crippen LogP contribution in [0, 0.1) is 6.92 Å². The van der Waals surface area contributed by atoms with Gasteiger partial charge < -0.3 is 9.64 Å². The summed E-state index contributed by atoms with van der Waals surface area (Å²) in [6.45, 7) is 3.38. The minimum atomic E-state index is -0.511. The Kier molecular flexibility index (Phi) is 6.36. The first-order valence-electron chi connectivity index (χ1n) is 10.2. The first-order chi connectivity index (χ1) is 15.0. The minimum absolute atomic E-state index is 0.0851. The Bertz CT molecular complexity index is 1180. The minimum Gasteiger partial charge on any atom is -0.456 e. The van der Waals surface area contributed by atoms with Crippen LogP contribution in [0.4, 0.5) is 0 Å². The predicted octanol–water partition coefficient (Wildman–Crippen LogP) is 3.07. The summed E-state index contributed by atoms with van der Waals surface area (Å²) in [7, 11) is 0. The molecule has 3 aromatic rings. The van der Waals surface area contributed by atoms with E-state index in [1.807, 2.05) is 30.0 Å². The molecule has 1 aromatic carbocycles. The van der Waals surface area contributed by atoms with Crippen LogP contribution < -0.4 is 5.56 Å². The van der Waals surface area contributed by atoms with Gasteiger partial charge in [0.05, 0.1) is 17.0 Å². The van der Waals surface area contributed by atoms with E-state index in [0.29, 0.717) is 21.8 Å². The Hall–Kier alpha value is -3.13. The molecule has 0 radical (unpaired) electrons. The summed E-state index contributed by atoms with van der Waals surface area (Å²) < 4.78 is 6.91. The monoisotopic (exact) mass is 437 g/mol. The third-order valence-electron chi connectivity index (χ3n) is 5.21. The van der Waals surface area contributed by atoms with Gasteiger partial charge in [-0.1, -0.05) is 18.2 Å². The Balaban J connectivity index is 1.44.